The van der Waals surface area contributed by atoms with Gasteiger partial charge in [0.15, 0.2) is 0 Å². The maximum absolute atomic E-state index is 3.64. The zero-order valence-electron chi connectivity index (χ0n) is 8.59. The fourth-order valence-corrected chi connectivity index (χ4v) is 2.87. The third kappa shape index (κ3) is 1.14. The molecule has 2 N–H and O–H groups in total. The van der Waals surface area contributed by atoms with Crippen molar-refractivity contribution in [1.82, 2.24) is 0 Å². The minimum Gasteiger partial charge on any atom is -0.381 e. The van der Waals surface area contributed by atoms with Crippen LogP contribution in [-0.2, 0) is 0 Å². The molecule has 1 aromatic carbocycles. The lowest BCUT2D eigenvalue weighted by atomic mass is 9.90. The van der Waals surface area contributed by atoms with Gasteiger partial charge in [-0.1, -0.05) is 18.2 Å². The Morgan fingerprint density at radius 2 is 2.21 bits per heavy atom. The topological polar surface area (TPSA) is 16.5 Å². The predicted octanol–water partition coefficient (Wildman–Crippen LogP) is 0.483. The highest BCUT2D eigenvalue weighted by Crippen LogP contribution is 2.36. The van der Waals surface area contributed by atoms with Gasteiger partial charge in [0.2, 0.25) is 0 Å². The summed E-state index contributed by atoms with van der Waals surface area (Å²) in [5, 5.41) is 3.64. The summed E-state index contributed by atoms with van der Waals surface area (Å²) in [6.45, 7) is 2.59. The Kier molecular flexibility index (Phi) is 1.77. The number of likely N-dealkylation sites (N-methyl/N-ethyl adjacent to an activating group) is 1. The van der Waals surface area contributed by atoms with Crippen molar-refractivity contribution in [2.75, 3.05) is 25.5 Å². The summed E-state index contributed by atoms with van der Waals surface area (Å²) in [5.74, 6) is 0.750. The van der Waals surface area contributed by atoms with Crippen LogP contribution in [0, 0.1) is 0 Å². The molecule has 1 saturated heterocycles. The number of hydrogen-bond donors (Lipinski definition) is 2. The summed E-state index contributed by atoms with van der Waals surface area (Å²) < 4.78 is 0. The number of benzene rings is 1. The predicted molar refractivity (Wildman–Crippen MR) is 57.8 cm³/mol. The van der Waals surface area contributed by atoms with E-state index in [2.05, 4.69) is 36.6 Å². The molecule has 74 valence electrons. The zero-order valence-corrected chi connectivity index (χ0v) is 8.59. The molecule has 2 nitrogen and oxygen atoms in total. The number of anilines is 1. The van der Waals surface area contributed by atoms with Gasteiger partial charge >= 0.3 is 0 Å². The van der Waals surface area contributed by atoms with Crippen LogP contribution in [0.15, 0.2) is 24.3 Å². The first-order chi connectivity index (χ1) is 6.84. The Morgan fingerprint density at radius 1 is 1.36 bits per heavy atom. The minimum atomic E-state index is 0.705. The van der Waals surface area contributed by atoms with E-state index in [-0.39, 0.29) is 0 Å². The monoisotopic (exact) mass is 189 g/mol. The molecule has 0 spiro atoms. The molecule has 0 aromatic heterocycles. The zero-order chi connectivity index (χ0) is 9.54. The molecular formula is C12H17N2+. The molecule has 2 heterocycles. The highest BCUT2D eigenvalue weighted by Gasteiger charge is 2.37. The summed E-state index contributed by atoms with van der Waals surface area (Å²) in [6, 6.07) is 9.48. The van der Waals surface area contributed by atoms with E-state index in [4.69, 9.17) is 0 Å². The van der Waals surface area contributed by atoms with E-state index in [1.165, 1.54) is 30.8 Å². The largest absolute Gasteiger partial charge is 0.381 e. The van der Waals surface area contributed by atoms with E-state index in [1.807, 2.05) is 0 Å². The van der Waals surface area contributed by atoms with Gasteiger partial charge in [-0.15, -0.1) is 0 Å². The molecule has 0 radical (unpaired) electrons. The molecule has 0 aliphatic carbocycles. The second kappa shape index (κ2) is 2.99. The van der Waals surface area contributed by atoms with Gasteiger partial charge in [-0.2, -0.15) is 0 Å². The fraction of sp³-hybridized carbons (Fsp3) is 0.500. The lowest BCUT2D eigenvalue weighted by Gasteiger charge is -2.29. The molecule has 0 bridgehead atoms. The maximum Gasteiger partial charge on any atom is 0.0859 e. The molecule has 3 atom stereocenters. The Hall–Kier alpha value is -1.02. The lowest BCUT2D eigenvalue weighted by Crippen LogP contribution is -3.11. The van der Waals surface area contributed by atoms with E-state index in [9.17, 15) is 0 Å². The molecule has 2 aliphatic rings. The van der Waals surface area contributed by atoms with Crippen molar-refractivity contribution in [3.05, 3.63) is 29.8 Å². The normalized spacial score (nSPS) is 34.5. The molecule has 1 unspecified atom stereocenters. The first-order valence-corrected chi connectivity index (χ1v) is 5.51. The first-order valence-electron chi connectivity index (χ1n) is 5.51. The van der Waals surface area contributed by atoms with Gasteiger partial charge in [0.05, 0.1) is 26.1 Å². The number of rotatable bonds is 0. The van der Waals surface area contributed by atoms with Gasteiger partial charge in [-0.05, 0) is 11.6 Å². The van der Waals surface area contributed by atoms with Crippen LogP contribution >= 0.6 is 0 Å². The van der Waals surface area contributed by atoms with Crippen LogP contribution in [0.25, 0.3) is 0 Å². The minimum absolute atomic E-state index is 0.705. The van der Waals surface area contributed by atoms with Crippen molar-refractivity contribution >= 4 is 5.69 Å². The molecular weight excluding hydrogens is 172 g/mol. The lowest BCUT2D eigenvalue weighted by molar-refractivity contribution is -0.886. The van der Waals surface area contributed by atoms with Gasteiger partial charge in [0.25, 0.3) is 0 Å². The number of nitrogens with one attached hydrogen (secondary N) is 2. The number of hydrogen-bond acceptors (Lipinski definition) is 1. The van der Waals surface area contributed by atoms with Crippen molar-refractivity contribution in [3.8, 4) is 0 Å². The molecule has 0 amide bonds. The van der Waals surface area contributed by atoms with Crippen LogP contribution < -0.4 is 10.2 Å². The Morgan fingerprint density at radius 3 is 3.14 bits per heavy atom. The maximum atomic E-state index is 3.64. The van der Waals surface area contributed by atoms with E-state index in [1.54, 1.807) is 4.90 Å². The molecule has 0 saturated carbocycles. The summed E-state index contributed by atoms with van der Waals surface area (Å²) in [7, 11) is 2.30. The second-order valence-electron chi connectivity index (χ2n) is 4.64. The Balaban J connectivity index is 1.97. The Bertz CT molecular complexity index is 348. The van der Waals surface area contributed by atoms with Crippen molar-refractivity contribution in [2.45, 2.75) is 18.4 Å². The smallest absolute Gasteiger partial charge is 0.0859 e. The SMILES string of the molecule is C[NH+]1CC[C@@H]2Nc3ccccc3[C@@H]2C1. The summed E-state index contributed by atoms with van der Waals surface area (Å²) >= 11 is 0. The van der Waals surface area contributed by atoms with Gasteiger partial charge in [-0.3, -0.25) is 0 Å². The molecule has 2 heteroatoms. The number of piperidine rings is 1. The van der Waals surface area contributed by atoms with Gasteiger partial charge in [0.1, 0.15) is 0 Å². The average molecular weight is 189 g/mol. The van der Waals surface area contributed by atoms with E-state index in [0.717, 1.165) is 5.92 Å². The van der Waals surface area contributed by atoms with Crippen molar-refractivity contribution in [3.63, 3.8) is 0 Å². The number of fused-ring (bicyclic) bond motifs is 3. The molecule has 2 aliphatic heterocycles. The van der Waals surface area contributed by atoms with Crippen molar-refractivity contribution in [1.29, 1.82) is 0 Å². The molecule has 14 heavy (non-hydrogen) atoms. The van der Waals surface area contributed by atoms with Crippen LogP contribution in [0.4, 0.5) is 5.69 Å². The van der Waals surface area contributed by atoms with Crippen molar-refractivity contribution in [2.24, 2.45) is 0 Å². The fourth-order valence-electron chi connectivity index (χ4n) is 2.87. The summed E-state index contributed by atoms with van der Waals surface area (Å²) in [6.07, 6.45) is 1.31. The Labute approximate surface area is 84.9 Å². The van der Waals surface area contributed by atoms with Crippen LogP contribution in [0.1, 0.15) is 17.9 Å². The second-order valence-corrected chi connectivity index (χ2v) is 4.64. The molecule has 1 fully saturated rings. The third-order valence-electron chi connectivity index (χ3n) is 3.64. The first kappa shape index (κ1) is 8.30. The highest BCUT2D eigenvalue weighted by molar-refractivity contribution is 5.59. The van der Waals surface area contributed by atoms with Crippen LogP contribution in [0.2, 0.25) is 0 Å². The molecule has 3 rings (SSSR count). The quantitative estimate of drug-likeness (QED) is 0.607. The van der Waals surface area contributed by atoms with Crippen LogP contribution in [0.3, 0.4) is 0 Å². The van der Waals surface area contributed by atoms with Crippen LogP contribution in [0.5, 0.6) is 0 Å². The van der Waals surface area contributed by atoms with Crippen LogP contribution in [-0.4, -0.2) is 26.2 Å². The van der Waals surface area contributed by atoms with E-state index in [0.29, 0.717) is 6.04 Å². The number of quaternary nitrogens is 1. The van der Waals surface area contributed by atoms with Gasteiger partial charge in [0, 0.05) is 18.2 Å². The average Bonchev–Trinajstić information content (AvgIpc) is 2.56. The van der Waals surface area contributed by atoms with Gasteiger partial charge < -0.3 is 10.2 Å². The molecule has 1 aromatic rings. The number of para-hydroxylation sites is 1. The highest BCUT2D eigenvalue weighted by atomic mass is 15.1. The van der Waals surface area contributed by atoms with E-state index < -0.39 is 0 Å². The summed E-state index contributed by atoms with van der Waals surface area (Å²) in [5.41, 5.74) is 2.91. The standard InChI is InChI=1S/C12H16N2/c1-14-7-6-12-10(8-14)9-4-2-3-5-11(9)13-12/h2-5,10,12-13H,6-8H2,1H3/p+1/t10-,12-/m0/s1. The van der Waals surface area contributed by atoms with Gasteiger partial charge in [-0.25, -0.2) is 0 Å². The third-order valence-corrected chi connectivity index (χ3v) is 3.64. The van der Waals surface area contributed by atoms with E-state index >= 15 is 0 Å². The number of likely N-dealkylation sites (tertiary alicyclic amines) is 1. The van der Waals surface area contributed by atoms with Crippen molar-refractivity contribution < 1.29 is 4.90 Å². The summed E-state index contributed by atoms with van der Waals surface area (Å²) in [4.78, 5) is 1.67.